The molecule has 1 N–H and O–H groups in total. The molecule has 20 heavy (non-hydrogen) atoms. The van der Waals surface area contributed by atoms with Crippen LogP contribution in [0.15, 0.2) is 47.8 Å². The van der Waals surface area contributed by atoms with E-state index in [0.29, 0.717) is 0 Å². The van der Waals surface area contributed by atoms with Gasteiger partial charge in [0.1, 0.15) is 0 Å². The SMILES string of the molecule is CNC(c1cc(Cl)ccc1I)c1csc2ccccc12. The molecule has 0 fully saturated rings. The topological polar surface area (TPSA) is 12.0 Å². The van der Waals surface area contributed by atoms with Gasteiger partial charge in [-0.3, -0.25) is 0 Å². The number of hydrogen-bond donors (Lipinski definition) is 1. The van der Waals surface area contributed by atoms with Gasteiger partial charge in [-0.1, -0.05) is 29.8 Å². The summed E-state index contributed by atoms with van der Waals surface area (Å²) >= 11 is 10.3. The Kier molecular flexibility index (Phi) is 4.31. The maximum absolute atomic E-state index is 6.17. The molecule has 0 spiro atoms. The molecule has 0 bridgehead atoms. The molecule has 1 atom stereocenters. The van der Waals surface area contributed by atoms with E-state index in [-0.39, 0.29) is 6.04 Å². The van der Waals surface area contributed by atoms with E-state index >= 15 is 0 Å². The van der Waals surface area contributed by atoms with Crippen LogP contribution in [0.2, 0.25) is 5.02 Å². The average molecular weight is 414 g/mol. The Labute approximate surface area is 141 Å². The highest BCUT2D eigenvalue weighted by Gasteiger charge is 2.18. The smallest absolute Gasteiger partial charge is 0.0599 e. The van der Waals surface area contributed by atoms with E-state index in [4.69, 9.17) is 11.6 Å². The molecule has 0 aliphatic carbocycles. The number of fused-ring (bicyclic) bond motifs is 1. The van der Waals surface area contributed by atoms with Crippen molar-refractivity contribution >= 4 is 55.6 Å². The predicted octanol–water partition coefficient (Wildman–Crippen LogP) is 5.47. The largest absolute Gasteiger partial charge is 0.309 e. The quantitative estimate of drug-likeness (QED) is 0.562. The highest BCUT2D eigenvalue weighted by Crippen LogP contribution is 2.35. The van der Waals surface area contributed by atoms with Crippen LogP contribution in [0.4, 0.5) is 0 Å². The van der Waals surface area contributed by atoms with E-state index in [2.05, 4.69) is 69.7 Å². The van der Waals surface area contributed by atoms with Crippen LogP contribution in [-0.2, 0) is 0 Å². The van der Waals surface area contributed by atoms with Gasteiger partial charge in [-0.15, -0.1) is 11.3 Å². The minimum absolute atomic E-state index is 0.164. The second kappa shape index (κ2) is 6.02. The van der Waals surface area contributed by atoms with Crippen molar-refractivity contribution in [2.24, 2.45) is 0 Å². The van der Waals surface area contributed by atoms with Gasteiger partial charge in [0.2, 0.25) is 0 Å². The van der Waals surface area contributed by atoms with Gasteiger partial charge in [-0.2, -0.15) is 0 Å². The molecule has 0 saturated carbocycles. The molecule has 0 aliphatic rings. The van der Waals surface area contributed by atoms with Crippen molar-refractivity contribution in [3.05, 3.63) is 67.6 Å². The van der Waals surface area contributed by atoms with E-state index < -0.39 is 0 Å². The van der Waals surface area contributed by atoms with Crippen molar-refractivity contribution in [3.8, 4) is 0 Å². The van der Waals surface area contributed by atoms with E-state index in [1.165, 1.54) is 24.8 Å². The van der Waals surface area contributed by atoms with Gasteiger partial charge < -0.3 is 5.32 Å². The molecule has 1 heterocycles. The number of halogens is 2. The summed E-state index contributed by atoms with van der Waals surface area (Å²) in [6.45, 7) is 0. The van der Waals surface area contributed by atoms with Gasteiger partial charge >= 0.3 is 0 Å². The normalized spacial score (nSPS) is 12.8. The minimum Gasteiger partial charge on any atom is -0.309 e. The number of rotatable bonds is 3. The lowest BCUT2D eigenvalue weighted by molar-refractivity contribution is 0.695. The summed E-state index contributed by atoms with van der Waals surface area (Å²) in [6.07, 6.45) is 0. The summed E-state index contributed by atoms with van der Waals surface area (Å²) in [5.41, 5.74) is 2.54. The van der Waals surface area contributed by atoms with Crippen LogP contribution in [-0.4, -0.2) is 7.05 Å². The van der Waals surface area contributed by atoms with Gasteiger partial charge in [-0.25, -0.2) is 0 Å². The zero-order valence-corrected chi connectivity index (χ0v) is 14.6. The van der Waals surface area contributed by atoms with E-state index in [9.17, 15) is 0 Å². The fraction of sp³-hybridized carbons (Fsp3) is 0.125. The molecule has 0 radical (unpaired) electrons. The molecule has 0 aliphatic heterocycles. The Morgan fingerprint density at radius 1 is 1.15 bits per heavy atom. The van der Waals surface area contributed by atoms with Crippen LogP contribution in [0.3, 0.4) is 0 Å². The highest BCUT2D eigenvalue weighted by molar-refractivity contribution is 14.1. The van der Waals surface area contributed by atoms with Gasteiger partial charge in [0.25, 0.3) is 0 Å². The molecule has 1 nitrogen and oxygen atoms in total. The monoisotopic (exact) mass is 413 g/mol. The molecule has 102 valence electrons. The summed E-state index contributed by atoms with van der Waals surface area (Å²) in [5.74, 6) is 0. The summed E-state index contributed by atoms with van der Waals surface area (Å²) in [5, 5.41) is 7.75. The van der Waals surface area contributed by atoms with Crippen molar-refractivity contribution < 1.29 is 0 Å². The van der Waals surface area contributed by atoms with Crippen molar-refractivity contribution in [1.29, 1.82) is 0 Å². The zero-order chi connectivity index (χ0) is 14.1. The molecular formula is C16H13ClINS. The first-order valence-corrected chi connectivity index (χ1v) is 8.62. The number of benzene rings is 2. The Bertz CT molecular complexity index is 753. The van der Waals surface area contributed by atoms with Gasteiger partial charge in [0.15, 0.2) is 0 Å². The molecule has 3 aromatic rings. The summed E-state index contributed by atoms with van der Waals surface area (Å²) < 4.78 is 2.54. The van der Waals surface area contributed by atoms with Crippen molar-refractivity contribution in [2.75, 3.05) is 7.05 Å². The van der Waals surface area contributed by atoms with Crippen LogP contribution < -0.4 is 5.32 Å². The van der Waals surface area contributed by atoms with E-state index in [1.807, 2.05) is 13.1 Å². The summed E-state index contributed by atoms with van der Waals surface area (Å²) in [6, 6.07) is 14.7. The predicted molar refractivity (Wildman–Crippen MR) is 96.9 cm³/mol. The fourth-order valence-electron chi connectivity index (χ4n) is 2.44. The standard InChI is InChI=1S/C16H13ClINS/c1-19-16(12-8-10(17)6-7-14(12)18)13-9-20-15-5-3-2-4-11(13)15/h2-9,16,19H,1H3. The van der Waals surface area contributed by atoms with Crippen molar-refractivity contribution in [1.82, 2.24) is 5.32 Å². The van der Waals surface area contributed by atoms with Crippen LogP contribution in [0.25, 0.3) is 10.1 Å². The first-order chi connectivity index (χ1) is 9.70. The average Bonchev–Trinajstić information content (AvgIpc) is 2.88. The molecule has 2 aromatic carbocycles. The molecule has 0 saturated heterocycles. The first kappa shape index (κ1) is 14.3. The Morgan fingerprint density at radius 3 is 2.75 bits per heavy atom. The molecular weight excluding hydrogens is 401 g/mol. The minimum atomic E-state index is 0.164. The maximum Gasteiger partial charge on any atom is 0.0599 e. The van der Waals surface area contributed by atoms with Crippen molar-refractivity contribution in [2.45, 2.75) is 6.04 Å². The van der Waals surface area contributed by atoms with Crippen LogP contribution >= 0.6 is 45.5 Å². The maximum atomic E-state index is 6.17. The fourth-order valence-corrected chi connectivity index (χ4v) is 4.25. The van der Waals surface area contributed by atoms with Crippen molar-refractivity contribution in [3.63, 3.8) is 0 Å². The van der Waals surface area contributed by atoms with Gasteiger partial charge in [-0.05, 0) is 75.8 Å². The second-order valence-electron chi connectivity index (χ2n) is 4.57. The zero-order valence-electron chi connectivity index (χ0n) is 10.9. The third-order valence-electron chi connectivity index (χ3n) is 3.38. The third kappa shape index (κ3) is 2.60. The van der Waals surface area contributed by atoms with E-state index in [1.54, 1.807) is 11.3 Å². The Balaban J connectivity index is 2.16. The van der Waals surface area contributed by atoms with Gasteiger partial charge in [0.05, 0.1) is 6.04 Å². The van der Waals surface area contributed by atoms with Crippen LogP contribution in [0, 0.1) is 3.57 Å². The molecule has 3 rings (SSSR count). The van der Waals surface area contributed by atoms with Crippen LogP contribution in [0.5, 0.6) is 0 Å². The number of nitrogens with one attached hydrogen (secondary N) is 1. The lowest BCUT2D eigenvalue weighted by Crippen LogP contribution is -2.18. The number of hydrogen-bond acceptors (Lipinski definition) is 2. The molecule has 1 unspecified atom stereocenters. The molecule has 1 aromatic heterocycles. The lowest BCUT2D eigenvalue weighted by atomic mass is 9.98. The lowest BCUT2D eigenvalue weighted by Gasteiger charge is -2.18. The van der Waals surface area contributed by atoms with Gasteiger partial charge in [0, 0.05) is 13.3 Å². The third-order valence-corrected chi connectivity index (χ3v) is 5.58. The Hall–Kier alpha value is -0.620. The Morgan fingerprint density at radius 2 is 1.95 bits per heavy atom. The van der Waals surface area contributed by atoms with E-state index in [0.717, 1.165) is 5.02 Å². The van der Waals surface area contributed by atoms with Crippen LogP contribution in [0.1, 0.15) is 17.2 Å². The molecule has 4 heteroatoms. The molecule has 0 amide bonds. The first-order valence-electron chi connectivity index (χ1n) is 6.29. The number of thiophene rings is 1. The second-order valence-corrected chi connectivity index (χ2v) is 7.08. The highest BCUT2D eigenvalue weighted by atomic mass is 127. The summed E-state index contributed by atoms with van der Waals surface area (Å²) in [7, 11) is 1.99. The summed E-state index contributed by atoms with van der Waals surface area (Å²) in [4.78, 5) is 0.